The van der Waals surface area contributed by atoms with Crippen LogP contribution in [-0.4, -0.2) is 15.2 Å². The molecule has 0 aromatic carbocycles. The summed E-state index contributed by atoms with van der Waals surface area (Å²) < 4.78 is 0. The molecule has 13 heavy (non-hydrogen) atoms. The molecule has 3 heteroatoms. The van der Waals surface area contributed by atoms with E-state index in [2.05, 4.69) is 26.9 Å². The standard InChI is InChI=1S/C10H24ClSi2/c1-5-7-9-13(11,12(3)4)10-8-6-2/h5-10H2,1-4H3/q-1. The fourth-order valence-electron chi connectivity index (χ4n) is 1.54. The van der Waals surface area contributed by atoms with Gasteiger partial charge in [-0.15, -0.1) is 0 Å². The summed E-state index contributed by atoms with van der Waals surface area (Å²) in [5.41, 5.74) is 0. The zero-order valence-electron chi connectivity index (χ0n) is 9.62. The van der Waals surface area contributed by atoms with Crippen LogP contribution in [0.3, 0.4) is 0 Å². The molecule has 0 aliphatic heterocycles. The topological polar surface area (TPSA) is 0 Å². The van der Waals surface area contributed by atoms with E-state index in [0.717, 1.165) is 0 Å². The first kappa shape index (κ1) is 13.7. The molecule has 0 rings (SSSR count). The molecular weight excluding hydrogens is 212 g/mol. The molecule has 0 aliphatic rings. The van der Waals surface area contributed by atoms with Crippen molar-refractivity contribution in [3.05, 3.63) is 0 Å². The SMILES string of the molecule is CCCC[Si](Cl)(CCCC)[Si-](C)C. The number of hydrogen-bond acceptors (Lipinski definition) is 0. The van der Waals surface area contributed by atoms with E-state index in [4.69, 9.17) is 11.1 Å². The van der Waals surface area contributed by atoms with Crippen molar-refractivity contribution in [1.29, 1.82) is 0 Å². The number of hydrogen-bond donors (Lipinski definition) is 0. The Morgan fingerprint density at radius 1 is 1.00 bits per heavy atom. The minimum atomic E-state index is -1.29. The lowest BCUT2D eigenvalue weighted by molar-refractivity contribution is 0.844. The first-order chi connectivity index (χ1) is 6.06. The van der Waals surface area contributed by atoms with Gasteiger partial charge in [-0.05, 0) is 6.90 Å². The quantitative estimate of drug-likeness (QED) is 0.447. The molecule has 0 bridgehead atoms. The van der Waals surface area contributed by atoms with Crippen LogP contribution in [0.1, 0.15) is 39.5 Å². The Morgan fingerprint density at radius 3 is 1.62 bits per heavy atom. The lowest BCUT2D eigenvalue weighted by Crippen LogP contribution is -2.41. The predicted octanol–water partition coefficient (Wildman–Crippen LogP) is 4.60. The number of halogens is 1. The van der Waals surface area contributed by atoms with E-state index in [0.29, 0.717) is 0 Å². The Balaban J connectivity index is 4.00. The highest BCUT2D eigenvalue weighted by atomic mass is 35.6. The van der Waals surface area contributed by atoms with E-state index in [1.165, 1.54) is 37.8 Å². The molecule has 0 saturated heterocycles. The predicted molar refractivity (Wildman–Crippen MR) is 68.5 cm³/mol. The van der Waals surface area contributed by atoms with Gasteiger partial charge in [0.15, 0.2) is 0 Å². The van der Waals surface area contributed by atoms with Crippen LogP contribution in [0.4, 0.5) is 0 Å². The molecular formula is C10H24ClSi2-. The van der Waals surface area contributed by atoms with Crippen molar-refractivity contribution in [2.45, 2.75) is 64.7 Å². The number of rotatable bonds is 7. The molecule has 0 radical (unpaired) electrons. The second-order valence-electron chi connectivity index (χ2n) is 4.17. The molecule has 0 amide bonds. The van der Waals surface area contributed by atoms with E-state index >= 15 is 0 Å². The maximum Gasteiger partial charge on any atom is -0.000244 e. The van der Waals surface area contributed by atoms with Crippen molar-refractivity contribution in [3.8, 4) is 0 Å². The third kappa shape index (κ3) is 5.23. The van der Waals surface area contributed by atoms with Crippen LogP contribution in [0.2, 0.25) is 25.2 Å². The van der Waals surface area contributed by atoms with Crippen molar-refractivity contribution < 1.29 is 0 Å². The largest absolute Gasteiger partial charge is 0.245 e. The highest BCUT2D eigenvalue weighted by Gasteiger charge is 2.21. The van der Waals surface area contributed by atoms with E-state index in [1.54, 1.807) is 0 Å². The fourth-order valence-corrected chi connectivity index (χ4v) is 9.48. The minimum Gasteiger partial charge on any atom is -0.245 e. The molecule has 80 valence electrons. The van der Waals surface area contributed by atoms with Crippen LogP contribution in [-0.2, 0) is 0 Å². The van der Waals surface area contributed by atoms with Crippen molar-refractivity contribution in [2.75, 3.05) is 0 Å². The first-order valence-electron chi connectivity index (χ1n) is 5.56. The number of unbranched alkanes of at least 4 members (excludes halogenated alkanes) is 2. The van der Waals surface area contributed by atoms with Gasteiger partial charge in [-0.25, -0.2) is 19.4 Å². The molecule has 0 saturated carbocycles. The van der Waals surface area contributed by atoms with E-state index in [9.17, 15) is 0 Å². The Morgan fingerprint density at radius 2 is 1.38 bits per heavy atom. The van der Waals surface area contributed by atoms with Crippen LogP contribution >= 0.6 is 11.1 Å². The Bertz CT molecular complexity index is 118. The maximum absolute atomic E-state index is 6.82. The van der Waals surface area contributed by atoms with Crippen LogP contribution in [0, 0.1) is 0 Å². The maximum atomic E-state index is 6.82. The van der Waals surface area contributed by atoms with E-state index < -0.39 is 6.90 Å². The lowest BCUT2D eigenvalue weighted by atomic mass is 10.4. The highest BCUT2D eigenvalue weighted by molar-refractivity contribution is 7.53. The summed E-state index contributed by atoms with van der Waals surface area (Å²) in [7, 11) is -0.212. The minimum absolute atomic E-state index is 0.212. The second-order valence-corrected chi connectivity index (χ2v) is 18.1. The summed E-state index contributed by atoms with van der Waals surface area (Å²) >= 11 is 6.82. The van der Waals surface area contributed by atoms with Gasteiger partial charge in [0.25, 0.3) is 0 Å². The molecule has 0 nitrogen and oxygen atoms in total. The van der Waals surface area contributed by atoms with Crippen LogP contribution < -0.4 is 0 Å². The van der Waals surface area contributed by atoms with E-state index in [-0.39, 0.29) is 8.31 Å². The molecule has 0 N–H and O–H groups in total. The highest BCUT2D eigenvalue weighted by Crippen LogP contribution is 2.28. The third-order valence-corrected chi connectivity index (χ3v) is 18.2. The van der Waals surface area contributed by atoms with Crippen LogP contribution in [0.25, 0.3) is 0 Å². The smallest absolute Gasteiger partial charge is 0.000244 e. The third-order valence-electron chi connectivity index (χ3n) is 2.75. The van der Waals surface area contributed by atoms with Gasteiger partial charge in [0.05, 0.1) is 0 Å². The summed E-state index contributed by atoms with van der Waals surface area (Å²) in [6.45, 7) is 8.06. The second kappa shape index (κ2) is 7.07. The molecule has 0 aliphatic carbocycles. The van der Waals surface area contributed by atoms with Gasteiger partial charge < -0.3 is 0 Å². The van der Waals surface area contributed by atoms with Gasteiger partial charge in [0, 0.05) is 0 Å². The van der Waals surface area contributed by atoms with E-state index in [1.807, 2.05) is 0 Å². The van der Waals surface area contributed by atoms with Crippen molar-refractivity contribution >= 4 is 26.3 Å². The average molecular weight is 236 g/mol. The van der Waals surface area contributed by atoms with Gasteiger partial charge in [-0.3, -0.25) is 0 Å². The summed E-state index contributed by atoms with van der Waals surface area (Å²) in [5, 5.41) is 0. The molecule has 0 aromatic rings. The molecule has 0 spiro atoms. The molecule has 0 fully saturated rings. The van der Waals surface area contributed by atoms with Gasteiger partial charge in [0.2, 0.25) is 0 Å². The summed E-state index contributed by atoms with van der Waals surface area (Å²) in [4.78, 5) is 0. The fraction of sp³-hybridized carbons (Fsp3) is 1.00. The van der Waals surface area contributed by atoms with Gasteiger partial charge in [-0.1, -0.05) is 51.6 Å². The Labute approximate surface area is 91.2 Å². The van der Waals surface area contributed by atoms with Crippen molar-refractivity contribution in [3.63, 3.8) is 0 Å². The zero-order valence-corrected chi connectivity index (χ0v) is 12.4. The Hall–Kier alpha value is 0.724. The van der Waals surface area contributed by atoms with Crippen LogP contribution in [0.15, 0.2) is 0 Å². The average Bonchev–Trinajstić information content (AvgIpc) is 2.11. The molecule has 0 unspecified atom stereocenters. The molecule has 0 heterocycles. The summed E-state index contributed by atoms with van der Waals surface area (Å²) in [6, 6.07) is 2.73. The Kier molecular flexibility index (Phi) is 7.47. The lowest BCUT2D eigenvalue weighted by Gasteiger charge is -2.39. The van der Waals surface area contributed by atoms with Gasteiger partial charge in [0.1, 0.15) is 0 Å². The normalized spacial score (nSPS) is 12.5. The molecule has 0 aromatic heterocycles. The van der Waals surface area contributed by atoms with Crippen LogP contribution in [0.5, 0.6) is 0 Å². The zero-order chi connectivity index (χ0) is 10.3. The first-order valence-corrected chi connectivity index (χ1v) is 12.5. The summed E-state index contributed by atoms with van der Waals surface area (Å²) in [6.07, 6.45) is 5.33. The monoisotopic (exact) mass is 235 g/mol. The van der Waals surface area contributed by atoms with Crippen molar-refractivity contribution in [1.82, 2.24) is 0 Å². The van der Waals surface area contributed by atoms with Crippen molar-refractivity contribution in [2.24, 2.45) is 0 Å². The molecule has 0 atom stereocenters. The van der Waals surface area contributed by atoms with Gasteiger partial charge >= 0.3 is 0 Å². The van der Waals surface area contributed by atoms with Gasteiger partial charge in [-0.2, -0.15) is 13.1 Å². The summed E-state index contributed by atoms with van der Waals surface area (Å²) in [5.74, 6) is 0.